The van der Waals surface area contributed by atoms with E-state index in [0.29, 0.717) is 33.4 Å². The van der Waals surface area contributed by atoms with Crippen LogP contribution in [-0.4, -0.2) is 0 Å². The largest absolute Gasteiger partial charge is 0.456 e. The third-order valence-corrected chi connectivity index (χ3v) is 8.29. The van der Waals surface area contributed by atoms with Gasteiger partial charge in [0, 0.05) is 10.8 Å². The molecule has 43 heavy (non-hydrogen) atoms. The van der Waals surface area contributed by atoms with Gasteiger partial charge in [0.15, 0.2) is 0 Å². The van der Waals surface area contributed by atoms with E-state index in [1.807, 2.05) is 48.5 Å². The van der Waals surface area contributed by atoms with Crippen LogP contribution in [0.15, 0.2) is 162 Å². The number of hydrogen-bond donors (Lipinski definition) is 0. The van der Waals surface area contributed by atoms with E-state index in [0.717, 1.165) is 32.7 Å². The average Bonchev–Trinajstić information content (AvgIpc) is 3.55. The second-order valence-electron chi connectivity index (χ2n) is 10.7. The van der Waals surface area contributed by atoms with Gasteiger partial charge in [-0.1, -0.05) is 133 Å². The van der Waals surface area contributed by atoms with Gasteiger partial charge in [0.1, 0.15) is 11.2 Å². The molecule has 9 rings (SSSR count). The molecule has 0 fully saturated rings. The predicted molar refractivity (Wildman–Crippen MR) is 183 cm³/mol. The van der Waals surface area contributed by atoms with E-state index in [9.17, 15) is 2.74 Å². The van der Waals surface area contributed by atoms with Crippen LogP contribution in [0.5, 0.6) is 0 Å². The molecular weight excluding hydrogens is 520 g/mol. The fraction of sp³-hybridized carbons (Fsp3) is 0. The van der Waals surface area contributed by atoms with Gasteiger partial charge in [-0.15, -0.1) is 0 Å². The Morgan fingerprint density at radius 3 is 1.56 bits per heavy atom. The smallest absolute Gasteiger partial charge is 0.136 e. The summed E-state index contributed by atoms with van der Waals surface area (Å²) in [4.78, 5) is 0. The Morgan fingerprint density at radius 2 is 0.907 bits per heavy atom. The zero-order chi connectivity index (χ0) is 35.3. The SMILES string of the molecule is [2H]c1c([2H])c([2H])c2c(-c3ccc4oc5ccc6ccc(-c7ccccc7)cc6c5c4c3)c3c([2H])c([2H])c([2H])c([2H])c3c(-c3ccccc3)c2c1[2H]. The molecule has 8 aromatic carbocycles. The minimum atomic E-state index is -0.428. The lowest BCUT2D eigenvalue weighted by Gasteiger charge is -2.17. The Morgan fingerprint density at radius 1 is 0.395 bits per heavy atom. The van der Waals surface area contributed by atoms with Crippen LogP contribution in [0.4, 0.5) is 0 Å². The van der Waals surface area contributed by atoms with E-state index in [-0.39, 0.29) is 45.7 Å². The maximum atomic E-state index is 9.25. The minimum absolute atomic E-state index is 0.181. The van der Waals surface area contributed by atoms with Gasteiger partial charge >= 0.3 is 0 Å². The van der Waals surface area contributed by atoms with Gasteiger partial charge in [-0.25, -0.2) is 0 Å². The van der Waals surface area contributed by atoms with Crippen molar-refractivity contribution in [2.45, 2.75) is 0 Å². The molecule has 1 heterocycles. The van der Waals surface area contributed by atoms with Crippen LogP contribution in [0.25, 0.3) is 87.6 Å². The molecule has 0 N–H and O–H groups in total. The van der Waals surface area contributed by atoms with Crippen molar-refractivity contribution < 1.29 is 15.4 Å². The lowest BCUT2D eigenvalue weighted by molar-refractivity contribution is 0.669. The molecule has 0 aliphatic heterocycles. The summed E-state index contributed by atoms with van der Waals surface area (Å²) in [5, 5.41) is 4.38. The fourth-order valence-corrected chi connectivity index (χ4v) is 6.37. The van der Waals surface area contributed by atoms with Gasteiger partial charge < -0.3 is 4.42 Å². The Labute approximate surface area is 260 Å². The Hall–Kier alpha value is -5.66. The van der Waals surface area contributed by atoms with Gasteiger partial charge in [-0.05, 0) is 90.0 Å². The second kappa shape index (κ2) is 9.44. The molecule has 0 aliphatic rings. The molecule has 1 nitrogen and oxygen atoms in total. The number of furan rings is 1. The van der Waals surface area contributed by atoms with E-state index in [1.54, 1.807) is 30.3 Å². The fourth-order valence-electron chi connectivity index (χ4n) is 6.37. The number of hydrogen-bond acceptors (Lipinski definition) is 1. The Bertz CT molecular complexity index is 2850. The molecule has 0 aliphatic carbocycles. The van der Waals surface area contributed by atoms with E-state index in [1.165, 1.54) is 0 Å². The predicted octanol–water partition coefficient (Wildman–Crippen LogP) is 12.0. The average molecular weight is 555 g/mol. The highest BCUT2D eigenvalue weighted by atomic mass is 16.3. The monoisotopic (exact) mass is 554 g/mol. The van der Waals surface area contributed by atoms with Gasteiger partial charge in [0.25, 0.3) is 0 Å². The van der Waals surface area contributed by atoms with Crippen LogP contribution in [0.1, 0.15) is 11.0 Å². The maximum absolute atomic E-state index is 9.25. The molecule has 0 atom stereocenters. The molecule has 0 bridgehead atoms. The summed E-state index contributed by atoms with van der Waals surface area (Å²) >= 11 is 0. The third-order valence-electron chi connectivity index (χ3n) is 8.29. The lowest BCUT2D eigenvalue weighted by atomic mass is 9.85. The first-order chi connectivity index (χ1) is 24.7. The maximum Gasteiger partial charge on any atom is 0.136 e. The van der Waals surface area contributed by atoms with Gasteiger partial charge in [-0.3, -0.25) is 0 Å². The molecule has 0 saturated carbocycles. The topological polar surface area (TPSA) is 13.1 Å². The van der Waals surface area contributed by atoms with Crippen molar-refractivity contribution in [2.24, 2.45) is 0 Å². The highest BCUT2D eigenvalue weighted by Crippen LogP contribution is 2.45. The van der Waals surface area contributed by atoms with Crippen molar-refractivity contribution in [3.63, 3.8) is 0 Å². The molecule has 9 aromatic rings. The van der Waals surface area contributed by atoms with Crippen LogP contribution in [0, 0.1) is 0 Å². The first-order valence-electron chi connectivity index (χ1n) is 18.1. The molecule has 1 heteroatoms. The lowest BCUT2D eigenvalue weighted by Crippen LogP contribution is -1.90. The minimum Gasteiger partial charge on any atom is -0.456 e. The summed E-state index contributed by atoms with van der Waals surface area (Å²) in [6, 6.07) is 32.0. The summed E-state index contributed by atoms with van der Waals surface area (Å²) in [6.07, 6.45) is 0. The van der Waals surface area contributed by atoms with E-state index in [4.69, 9.17) is 12.6 Å². The number of rotatable bonds is 3. The molecular formula is C42H26O. The third kappa shape index (κ3) is 3.72. The van der Waals surface area contributed by atoms with Crippen molar-refractivity contribution >= 4 is 54.3 Å². The standard InChI is InChI=1S/C42H26O/c1-3-11-27(12-4-1)30-20-19-28-21-24-39-42(36(28)25-30)37-26-31(22-23-38(37)43-39)41-34-17-9-7-15-32(34)40(29-13-5-2-6-14-29)33-16-8-10-18-35(33)41/h1-26H/i7D,8D,9D,10D,15D,16D,17D,18D. The Balaban J connectivity index is 1.48. The van der Waals surface area contributed by atoms with Crippen LogP contribution in [0.3, 0.4) is 0 Å². The summed E-state index contributed by atoms with van der Waals surface area (Å²) < 4.78 is 77.9. The Kier molecular flexibility index (Phi) is 3.80. The van der Waals surface area contributed by atoms with E-state index < -0.39 is 24.2 Å². The van der Waals surface area contributed by atoms with Gasteiger partial charge in [0.05, 0.1) is 11.0 Å². The quantitative estimate of drug-likeness (QED) is 0.198. The summed E-state index contributed by atoms with van der Waals surface area (Å²) in [5.41, 5.74) is 5.16. The highest BCUT2D eigenvalue weighted by Gasteiger charge is 2.18. The second-order valence-corrected chi connectivity index (χ2v) is 10.7. The van der Waals surface area contributed by atoms with Crippen LogP contribution in [-0.2, 0) is 0 Å². The highest BCUT2D eigenvalue weighted by molar-refractivity contribution is 6.24. The normalized spacial score (nSPS) is 14.3. The molecule has 0 saturated heterocycles. The molecule has 0 amide bonds. The number of fused-ring (bicyclic) bond motifs is 7. The first-order valence-corrected chi connectivity index (χ1v) is 14.1. The zero-order valence-electron chi connectivity index (χ0n) is 30.8. The van der Waals surface area contributed by atoms with Gasteiger partial charge in [-0.2, -0.15) is 0 Å². The summed E-state index contributed by atoms with van der Waals surface area (Å²) in [5.74, 6) is 0. The molecule has 0 unspecified atom stereocenters. The van der Waals surface area contributed by atoms with Crippen molar-refractivity contribution in [1.82, 2.24) is 0 Å². The van der Waals surface area contributed by atoms with Crippen LogP contribution < -0.4 is 0 Å². The zero-order valence-corrected chi connectivity index (χ0v) is 22.8. The molecule has 0 radical (unpaired) electrons. The van der Waals surface area contributed by atoms with Crippen molar-refractivity contribution in [3.05, 3.63) is 158 Å². The van der Waals surface area contributed by atoms with E-state index in [2.05, 4.69) is 30.3 Å². The van der Waals surface area contributed by atoms with Gasteiger partial charge in [0.2, 0.25) is 0 Å². The molecule has 1 aromatic heterocycles. The molecule has 0 spiro atoms. The van der Waals surface area contributed by atoms with Crippen molar-refractivity contribution in [1.29, 1.82) is 0 Å². The van der Waals surface area contributed by atoms with Crippen LogP contribution >= 0.6 is 0 Å². The summed E-state index contributed by atoms with van der Waals surface area (Å²) in [6.45, 7) is 0. The molecule has 200 valence electrons. The van der Waals surface area contributed by atoms with Crippen LogP contribution in [0.2, 0.25) is 0 Å². The van der Waals surface area contributed by atoms with Crippen molar-refractivity contribution in [2.75, 3.05) is 0 Å². The van der Waals surface area contributed by atoms with E-state index >= 15 is 0 Å². The van der Waals surface area contributed by atoms with Crippen molar-refractivity contribution in [3.8, 4) is 33.4 Å². The number of benzene rings is 8. The first kappa shape index (κ1) is 17.3. The summed E-state index contributed by atoms with van der Waals surface area (Å²) in [7, 11) is 0.